The van der Waals surface area contributed by atoms with Gasteiger partial charge in [-0.25, -0.2) is 0 Å². The van der Waals surface area contributed by atoms with Gasteiger partial charge >= 0.3 is 0 Å². The molecular weight excluding hydrogens is 320 g/mol. The van der Waals surface area contributed by atoms with E-state index >= 15 is 0 Å². The first-order chi connectivity index (χ1) is 11.2. The molecule has 0 aromatic heterocycles. The molecule has 0 bridgehead atoms. The molecule has 24 heavy (non-hydrogen) atoms. The summed E-state index contributed by atoms with van der Waals surface area (Å²) in [7, 11) is -1.87. The van der Waals surface area contributed by atoms with E-state index in [0.717, 1.165) is 5.56 Å². The number of hydrogen-bond acceptors (Lipinski definition) is 4. The number of benzene rings is 1. The van der Waals surface area contributed by atoms with Crippen LogP contribution in [-0.4, -0.2) is 38.5 Å². The van der Waals surface area contributed by atoms with Crippen LogP contribution < -0.4 is 0 Å². The van der Waals surface area contributed by atoms with Crippen molar-refractivity contribution in [3.05, 3.63) is 48.0 Å². The van der Waals surface area contributed by atoms with Gasteiger partial charge in [0.2, 0.25) is 0 Å². The molecule has 0 aliphatic carbocycles. The number of hydrogen-bond donors (Lipinski definition) is 1. The van der Waals surface area contributed by atoms with Crippen molar-refractivity contribution >= 4 is 8.32 Å². The minimum Gasteiger partial charge on any atom is -0.414 e. The van der Waals surface area contributed by atoms with Gasteiger partial charge in [0.05, 0.1) is 13.2 Å². The zero-order valence-corrected chi connectivity index (χ0v) is 16.4. The Morgan fingerprint density at radius 2 is 1.79 bits per heavy atom. The van der Waals surface area contributed by atoms with Crippen LogP contribution in [-0.2, 0) is 20.5 Å². The Labute approximate surface area is 146 Å². The van der Waals surface area contributed by atoms with Gasteiger partial charge in [-0.3, -0.25) is 0 Å². The van der Waals surface area contributed by atoms with E-state index in [2.05, 4.69) is 33.9 Å². The van der Waals surface area contributed by atoms with E-state index in [4.69, 9.17) is 13.9 Å². The first-order valence-corrected chi connectivity index (χ1v) is 11.4. The van der Waals surface area contributed by atoms with E-state index in [1.54, 1.807) is 12.2 Å². The molecule has 2 rings (SSSR count). The Morgan fingerprint density at radius 1 is 1.12 bits per heavy atom. The van der Waals surface area contributed by atoms with Gasteiger partial charge in [0.15, 0.2) is 14.6 Å². The second kappa shape index (κ2) is 7.93. The molecular formula is C19H30O4Si. The highest BCUT2D eigenvalue weighted by molar-refractivity contribution is 6.74. The van der Waals surface area contributed by atoms with Crippen molar-refractivity contribution in [2.45, 2.75) is 64.0 Å². The summed E-state index contributed by atoms with van der Waals surface area (Å²) in [5, 5.41) is 10.3. The minimum atomic E-state index is -1.87. The first kappa shape index (κ1) is 19.3. The van der Waals surface area contributed by atoms with Gasteiger partial charge in [0.1, 0.15) is 12.2 Å². The molecule has 1 aromatic carbocycles. The molecule has 0 saturated carbocycles. The summed E-state index contributed by atoms with van der Waals surface area (Å²) >= 11 is 0. The molecule has 1 heterocycles. The predicted molar refractivity (Wildman–Crippen MR) is 98.2 cm³/mol. The molecule has 1 aromatic rings. The summed E-state index contributed by atoms with van der Waals surface area (Å²) in [6.45, 7) is 11.8. The number of aliphatic hydroxyl groups excluding tert-OH is 1. The van der Waals surface area contributed by atoms with Gasteiger partial charge in [0, 0.05) is 0 Å². The van der Waals surface area contributed by atoms with E-state index in [-0.39, 0.29) is 5.04 Å². The fourth-order valence-electron chi connectivity index (χ4n) is 2.12. The van der Waals surface area contributed by atoms with Gasteiger partial charge in [-0.05, 0) is 29.8 Å². The van der Waals surface area contributed by atoms with Crippen LogP contribution in [0.15, 0.2) is 42.5 Å². The summed E-state index contributed by atoms with van der Waals surface area (Å²) in [4.78, 5) is 0. The summed E-state index contributed by atoms with van der Waals surface area (Å²) in [6, 6.07) is 9.97. The highest BCUT2D eigenvalue weighted by Gasteiger charge is 2.38. The van der Waals surface area contributed by atoms with E-state index in [1.807, 2.05) is 30.3 Å². The van der Waals surface area contributed by atoms with Gasteiger partial charge in [-0.2, -0.15) is 0 Å². The molecule has 134 valence electrons. The maximum absolute atomic E-state index is 10.1. The summed E-state index contributed by atoms with van der Waals surface area (Å²) in [5.41, 5.74) is 1.09. The predicted octanol–water partition coefficient (Wildman–Crippen LogP) is 3.87. The molecule has 0 amide bonds. The van der Waals surface area contributed by atoms with E-state index < -0.39 is 26.8 Å². The lowest BCUT2D eigenvalue weighted by atomic mass is 10.1. The average molecular weight is 351 g/mol. The van der Waals surface area contributed by atoms with Crippen LogP contribution in [0, 0.1) is 0 Å². The van der Waals surface area contributed by atoms with Gasteiger partial charge in [-0.1, -0.05) is 57.2 Å². The molecule has 0 saturated heterocycles. The Hall–Kier alpha value is -0.983. The van der Waals surface area contributed by atoms with Crippen molar-refractivity contribution < 1.29 is 19.0 Å². The van der Waals surface area contributed by atoms with Crippen LogP contribution in [0.5, 0.6) is 0 Å². The first-order valence-electron chi connectivity index (χ1n) is 8.50. The third-order valence-electron chi connectivity index (χ3n) is 4.83. The molecule has 0 spiro atoms. The average Bonchev–Trinajstić information content (AvgIpc) is 2.53. The molecule has 1 unspecified atom stereocenters. The molecule has 0 fully saturated rings. The summed E-state index contributed by atoms with van der Waals surface area (Å²) in [5.74, 6) is 0. The van der Waals surface area contributed by atoms with Crippen molar-refractivity contribution in [1.29, 1.82) is 0 Å². The lowest BCUT2D eigenvalue weighted by Gasteiger charge is -2.38. The highest BCUT2D eigenvalue weighted by atomic mass is 28.4. The van der Waals surface area contributed by atoms with Crippen LogP contribution in [0.3, 0.4) is 0 Å². The normalized spacial score (nSPS) is 25.0. The fourth-order valence-corrected chi connectivity index (χ4v) is 3.13. The van der Waals surface area contributed by atoms with Crippen LogP contribution in [0.2, 0.25) is 18.1 Å². The molecule has 3 atom stereocenters. The van der Waals surface area contributed by atoms with Crippen molar-refractivity contribution in [2.24, 2.45) is 0 Å². The maximum atomic E-state index is 10.1. The summed E-state index contributed by atoms with van der Waals surface area (Å²) in [6.07, 6.45) is 1.98. The van der Waals surface area contributed by atoms with E-state index in [0.29, 0.717) is 13.2 Å². The Balaban J connectivity index is 1.87. The Kier molecular flexibility index (Phi) is 6.39. The van der Waals surface area contributed by atoms with Crippen molar-refractivity contribution in [3.8, 4) is 0 Å². The maximum Gasteiger partial charge on any atom is 0.192 e. The monoisotopic (exact) mass is 350 g/mol. The van der Waals surface area contributed by atoms with Crippen molar-refractivity contribution in [3.63, 3.8) is 0 Å². The third-order valence-corrected chi connectivity index (χ3v) is 9.33. The van der Waals surface area contributed by atoms with Crippen molar-refractivity contribution in [2.75, 3.05) is 6.61 Å². The zero-order chi connectivity index (χ0) is 17.8. The standard InChI is InChI=1S/C19H30O4Si/c1-19(2,3)24(4,5)22-14-17-16(20)11-12-18(23-17)21-13-15-9-7-6-8-10-15/h6-12,16-18,20H,13-14H2,1-5H3/t16-,17+,18?/m0/s1. The molecule has 1 aliphatic heterocycles. The van der Waals surface area contributed by atoms with Crippen LogP contribution >= 0.6 is 0 Å². The molecule has 1 aliphatic rings. The van der Waals surface area contributed by atoms with Crippen LogP contribution in [0.25, 0.3) is 0 Å². The largest absolute Gasteiger partial charge is 0.414 e. The SMILES string of the molecule is CC(C)(C)[Si](C)(C)OC[C@H]1OC(OCc2ccccc2)C=C[C@@H]1O. The quantitative estimate of drug-likeness (QED) is 0.625. The van der Waals surface area contributed by atoms with Gasteiger partial charge in [0.25, 0.3) is 0 Å². The molecule has 0 radical (unpaired) electrons. The number of rotatable bonds is 6. The minimum absolute atomic E-state index is 0.131. The van der Waals surface area contributed by atoms with E-state index in [9.17, 15) is 5.11 Å². The van der Waals surface area contributed by atoms with E-state index in [1.165, 1.54) is 0 Å². The van der Waals surface area contributed by atoms with Crippen LogP contribution in [0.4, 0.5) is 0 Å². The number of aliphatic hydroxyl groups is 1. The lowest BCUT2D eigenvalue weighted by molar-refractivity contribution is -0.183. The Morgan fingerprint density at radius 3 is 2.42 bits per heavy atom. The fraction of sp³-hybridized carbons (Fsp3) is 0.579. The molecule has 5 heteroatoms. The van der Waals surface area contributed by atoms with Crippen molar-refractivity contribution in [1.82, 2.24) is 0 Å². The highest BCUT2D eigenvalue weighted by Crippen LogP contribution is 2.36. The Bertz CT molecular complexity index is 536. The topological polar surface area (TPSA) is 47.9 Å². The van der Waals surface area contributed by atoms with Crippen LogP contribution in [0.1, 0.15) is 26.3 Å². The third kappa shape index (κ3) is 5.26. The smallest absolute Gasteiger partial charge is 0.192 e. The van der Waals surface area contributed by atoms with Gasteiger partial charge in [-0.15, -0.1) is 0 Å². The second-order valence-electron chi connectivity index (χ2n) is 7.79. The van der Waals surface area contributed by atoms with Gasteiger partial charge < -0.3 is 19.0 Å². The number of ether oxygens (including phenoxy) is 2. The summed E-state index contributed by atoms with van der Waals surface area (Å²) < 4.78 is 17.8. The molecule has 1 N–H and O–H groups in total. The zero-order valence-electron chi connectivity index (χ0n) is 15.4. The second-order valence-corrected chi connectivity index (χ2v) is 12.6. The lowest BCUT2D eigenvalue weighted by Crippen LogP contribution is -2.46. The molecule has 4 nitrogen and oxygen atoms in total.